The number of aromatic nitrogens is 3. The Morgan fingerprint density at radius 2 is 2.17 bits per heavy atom. The zero-order valence-corrected chi connectivity index (χ0v) is 12.2. The molecule has 2 heterocycles. The van der Waals surface area contributed by atoms with Gasteiger partial charge in [0, 0.05) is 17.8 Å². The first kappa shape index (κ1) is 14.7. The van der Waals surface area contributed by atoms with Crippen LogP contribution in [-0.2, 0) is 0 Å². The monoisotopic (exact) mass is 309 g/mol. The number of anilines is 1. The summed E-state index contributed by atoms with van der Waals surface area (Å²) in [7, 11) is 0. The molecule has 3 aromatic rings. The van der Waals surface area contributed by atoms with Gasteiger partial charge in [0.05, 0.1) is 17.8 Å². The van der Waals surface area contributed by atoms with Crippen LogP contribution < -0.4 is 5.32 Å². The maximum absolute atomic E-state index is 12.9. The molecular formula is C16H12FN5O. The van der Waals surface area contributed by atoms with Crippen molar-refractivity contribution in [1.29, 1.82) is 5.26 Å². The lowest BCUT2D eigenvalue weighted by molar-refractivity contribution is 0.432. The number of hydrogen-bond acceptors (Lipinski definition) is 6. The molecule has 0 aliphatic rings. The molecular weight excluding hydrogens is 297 g/mol. The molecule has 0 fully saturated rings. The van der Waals surface area contributed by atoms with Crippen molar-refractivity contribution in [3.8, 4) is 29.0 Å². The van der Waals surface area contributed by atoms with Gasteiger partial charge in [0.15, 0.2) is 0 Å². The molecule has 0 saturated heterocycles. The van der Waals surface area contributed by atoms with E-state index in [1.807, 2.05) is 13.0 Å². The van der Waals surface area contributed by atoms with Crippen LogP contribution in [0.3, 0.4) is 0 Å². The van der Waals surface area contributed by atoms with Crippen LogP contribution >= 0.6 is 0 Å². The second-order valence-electron chi connectivity index (χ2n) is 4.73. The van der Waals surface area contributed by atoms with Crippen molar-refractivity contribution in [2.75, 3.05) is 11.9 Å². The van der Waals surface area contributed by atoms with Gasteiger partial charge in [-0.05, 0) is 37.3 Å². The first-order valence-corrected chi connectivity index (χ1v) is 6.94. The summed E-state index contributed by atoms with van der Waals surface area (Å²) in [6.07, 6.45) is 1.09. The highest BCUT2D eigenvalue weighted by Crippen LogP contribution is 2.25. The average Bonchev–Trinajstić information content (AvgIpc) is 3.05. The van der Waals surface area contributed by atoms with E-state index in [-0.39, 0.29) is 11.7 Å². The van der Waals surface area contributed by atoms with E-state index in [0.29, 0.717) is 16.8 Å². The Balaban J connectivity index is 1.98. The van der Waals surface area contributed by atoms with Gasteiger partial charge in [-0.2, -0.15) is 10.2 Å². The van der Waals surface area contributed by atoms with Crippen molar-refractivity contribution in [3.63, 3.8) is 0 Å². The lowest BCUT2D eigenvalue weighted by atomic mass is 10.1. The van der Waals surface area contributed by atoms with E-state index in [4.69, 9.17) is 9.78 Å². The van der Waals surface area contributed by atoms with E-state index in [1.54, 1.807) is 12.1 Å². The molecule has 0 atom stereocenters. The van der Waals surface area contributed by atoms with Crippen molar-refractivity contribution in [2.24, 2.45) is 0 Å². The standard InChI is InChI=1S/C16H12FN5O/c1-2-19-13-6-10(8-18)5-11(7-13)16-21-15(22-23-16)14-4-3-12(17)9-20-14/h3-7,9,19H,2H2,1H3. The maximum Gasteiger partial charge on any atom is 0.258 e. The van der Waals surface area contributed by atoms with Gasteiger partial charge in [-0.25, -0.2) is 9.37 Å². The van der Waals surface area contributed by atoms with Gasteiger partial charge in [-0.15, -0.1) is 0 Å². The zero-order valence-electron chi connectivity index (χ0n) is 12.2. The molecule has 0 radical (unpaired) electrons. The summed E-state index contributed by atoms with van der Waals surface area (Å²) in [6, 6.07) is 10.1. The predicted octanol–water partition coefficient (Wildman–Crippen LogP) is 3.24. The van der Waals surface area contributed by atoms with Crippen molar-refractivity contribution in [2.45, 2.75) is 6.92 Å². The fourth-order valence-corrected chi connectivity index (χ4v) is 2.07. The number of rotatable bonds is 4. The van der Waals surface area contributed by atoms with Crippen LogP contribution in [0.5, 0.6) is 0 Å². The van der Waals surface area contributed by atoms with Crippen LogP contribution in [0.4, 0.5) is 10.1 Å². The molecule has 0 aliphatic carbocycles. The highest BCUT2D eigenvalue weighted by atomic mass is 19.1. The Hall–Kier alpha value is -3.27. The van der Waals surface area contributed by atoms with E-state index in [0.717, 1.165) is 18.4 Å². The molecule has 0 unspecified atom stereocenters. The summed E-state index contributed by atoms with van der Waals surface area (Å²) in [4.78, 5) is 8.17. The second-order valence-corrected chi connectivity index (χ2v) is 4.73. The molecule has 6 nitrogen and oxygen atoms in total. The third-order valence-corrected chi connectivity index (χ3v) is 3.07. The van der Waals surface area contributed by atoms with Gasteiger partial charge in [0.2, 0.25) is 5.82 Å². The summed E-state index contributed by atoms with van der Waals surface area (Å²) in [5, 5.41) is 16.1. The fourth-order valence-electron chi connectivity index (χ4n) is 2.07. The summed E-state index contributed by atoms with van der Waals surface area (Å²) in [6.45, 7) is 2.69. The molecule has 0 spiro atoms. The Morgan fingerprint density at radius 1 is 1.30 bits per heavy atom. The van der Waals surface area contributed by atoms with Crippen LogP contribution in [0.25, 0.3) is 23.0 Å². The lowest BCUT2D eigenvalue weighted by Gasteiger charge is -2.05. The maximum atomic E-state index is 12.9. The van der Waals surface area contributed by atoms with Crippen molar-refractivity contribution < 1.29 is 8.91 Å². The van der Waals surface area contributed by atoms with Crippen LogP contribution in [-0.4, -0.2) is 21.7 Å². The number of hydrogen-bond donors (Lipinski definition) is 1. The third kappa shape index (κ3) is 3.16. The molecule has 0 amide bonds. The Morgan fingerprint density at radius 3 is 2.87 bits per heavy atom. The average molecular weight is 309 g/mol. The number of nitrogens with one attached hydrogen (secondary N) is 1. The van der Waals surface area contributed by atoms with Crippen LogP contribution in [0.15, 0.2) is 41.1 Å². The van der Waals surface area contributed by atoms with Crippen LogP contribution in [0.1, 0.15) is 12.5 Å². The van der Waals surface area contributed by atoms with Gasteiger partial charge in [-0.1, -0.05) is 5.16 Å². The number of benzene rings is 1. The Bertz CT molecular complexity index is 867. The van der Waals surface area contributed by atoms with Gasteiger partial charge >= 0.3 is 0 Å². The molecule has 0 bridgehead atoms. The Kier molecular flexibility index (Phi) is 3.97. The largest absolute Gasteiger partial charge is 0.385 e. The zero-order chi connectivity index (χ0) is 16.2. The van der Waals surface area contributed by atoms with E-state index >= 15 is 0 Å². The second kappa shape index (κ2) is 6.23. The lowest BCUT2D eigenvalue weighted by Crippen LogP contribution is -1.97. The molecule has 7 heteroatoms. The first-order chi connectivity index (χ1) is 11.2. The van der Waals surface area contributed by atoms with Crippen molar-refractivity contribution >= 4 is 5.69 Å². The molecule has 23 heavy (non-hydrogen) atoms. The van der Waals surface area contributed by atoms with Crippen LogP contribution in [0, 0.1) is 17.1 Å². The minimum Gasteiger partial charge on any atom is -0.385 e. The summed E-state index contributed by atoms with van der Waals surface area (Å²) in [5.41, 5.74) is 2.31. The van der Waals surface area contributed by atoms with E-state index in [2.05, 4.69) is 26.5 Å². The molecule has 2 aromatic heterocycles. The molecule has 0 aliphatic heterocycles. The summed E-state index contributed by atoms with van der Waals surface area (Å²) >= 11 is 0. The minimum absolute atomic E-state index is 0.257. The smallest absolute Gasteiger partial charge is 0.258 e. The van der Waals surface area contributed by atoms with Gasteiger partial charge in [0.1, 0.15) is 11.5 Å². The minimum atomic E-state index is -0.436. The topological polar surface area (TPSA) is 87.6 Å². The van der Waals surface area contributed by atoms with Crippen molar-refractivity contribution in [3.05, 3.63) is 47.9 Å². The number of halogens is 1. The molecule has 1 N–H and O–H groups in total. The number of nitrogens with zero attached hydrogens (tertiary/aromatic N) is 4. The fraction of sp³-hybridized carbons (Fsp3) is 0.125. The Labute approximate surface area is 131 Å². The van der Waals surface area contributed by atoms with Gasteiger partial charge in [-0.3, -0.25) is 0 Å². The van der Waals surface area contributed by atoms with Gasteiger partial charge in [0.25, 0.3) is 5.89 Å². The van der Waals surface area contributed by atoms with E-state index in [9.17, 15) is 4.39 Å². The highest BCUT2D eigenvalue weighted by Gasteiger charge is 2.13. The van der Waals surface area contributed by atoms with E-state index in [1.165, 1.54) is 12.1 Å². The molecule has 1 aromatic carbocycles. The predicted molar refractivity (Wildman–Crippen MR) is 81.8 cm³/mol. The summed E-state index contributed by atoms with van der Waals surface area (Å²) in [5.74, 6) is 0.0872. The third-order valence-electron chi connectivity index (χ3n) is 3.07. The quantitative estimate of drug-likeness (QED) is 0.796. The highest BCUT2D eigenvalue weighted by molar-refractivity contribution is 5.66. The van der Waals surface area contributed by atoms with Gasteiger partial charge < -0.3 is 9.84 Å². The number of pyridine rings is 1. The first-order valence-electron chi connectivity index (χ1n) is 6.94. The molecule has 114 valence electrons. The molecule has 0 saturated carbocycles. The summed E-state index contributed by atoms with van der Waals surface area (Å²) < 4.78 is 18.1. The van der Waals surface area contributed by atoms with Crippen LogP contribution in [0.2, 0.25) is 0 Å². The normalized spacial score (nSPS) is 10.3. The number of nitriles is 1. The SMILES string of the molecule is CCNc1cc(C#N)cc(-c2nc(-c3ccc(F)cn3)no2)c1. The van der Waals surface area contributed by atoms with Crippen molar-refractivity contribution in [1.82, 2.24) is 15.1 Å². The van der Waals surface area contributed by atoms with E-state index < -0.39 is 5.82 Å². The molecule has 3 rings (SSSR count).